The van der Waals surface area contributed by atoms with Crippen molar-refractivity contribution in [3.05, 3.63) is 35.7 Å². The number of anilines is 1. The second-order valence-electron chi connectivity index (χ2n) is 4.16. The Morgan fingerprint density at radius 2 is 2.15 bits per heavy atom. The van der Waals surface area contributed by atoms with E-state index in [1.54, 1.807) is 13.0 Å². The molecule has 0 bridgehead atoms. The predicted octanol–water partition coefficient (Wildman–Crippen LogP) is 1.05. The van der Waals surface area contributed by atoms with E-state index < -0.39 is 10.0 Å². The van der Waals surface area contributed by atoms with Gasteiger partial charge in [0, 0.05) is 12.1 Å². The lowest BCUT2D eigenvalue weighted by Crippen LogP contribution is -2.24. The van der Waals surface area contributed by atoms with E-state index in [9.17, 15) is 8.42 Å². The van der Waals surface area contributed by atoms with Gasteiger partial charge in [0.15, 0.2) is 0 Å². The van der Waals surface area contributed by atoms with Gasteiger partial charge in [-0.25, -0.2) is 13.1 Å². The summed E-state index contributed by atoms with van der Waals surface area (Å²) >= 11 is 0. The molecule has 0 aliphatic heterocycles. The Morgan fingerprint density at radius 1 is 1.40 bits per heavy atom. The van der Waals surface area contributed by atoms with Crippen LogP contribution in [0.3, 0.4) is 0 Å². The number of sulfonamides is 1. The van der Waals surface area contributed by atoms with E-state index in [2.05, 4.69) is 9.88 Å². The molecule has 0 saturated heterocycles. The average Bonchev–Trinajstić information content (AvgIpc) is 2.82. The van der Waals surface area contributed by atoms with Gasteiger partial charge in [-0.05, 0) is 19.1 Å². The number of hydrogen-bond donors (Lipinski definition) is 2. The Bertz CT molecular complexity index is 709. The molecule has 0 fully saturated rings. The molecule has 20 heavy (non-hydrogen) atoms. The first-order valence-electron chi connectivity index (χ1n) is 5.78. The first kappa shape index (κ1) is 14.4. The molecule has 0 spiro atoms. The van der Waals surface area contributed by atoms with Crippen LogP contribution < -0.4 is 15.2 Å². The lowest BCUT2D eigenvalue weighted by molar-refractivity contribution is 0.390. The average molecular weight is 297 g/mol. The highest BCUT2D eigenvalue weighted by Gasteiger charge is 2.18. The number of nitrogen functional groups attached to an aromatic ring is 1. The molecule has 0 aliphatic carbocycles. The maximum Gasteiger partial charge on any atom is 0.242 e. The molecular formula is C12H15N3O4S. The number of ether oxygens (including phenoxy) is 1. The Hall–Kier alpha value is -2.06. The Labute approximate surface area is 116 Å². The van der Waals surface area contributed by atoms with Crippen LogP contribution in [-0.4, -0.2) is 20.7 Å². The highest BCUT2D eigenvalue weighted by Crippen LogP contribution is 2.23. The van der Waals surface area contributed by atoms with Crippen LogP contribution in [0.5, 0.6) is 5.75 Å². The summed E-state index contributed by atoms with van der Waals surface area (Å²) in [6, 6.07) is 6.03. The molecule has 0 amide bonds. The number of nitrogens with one attached hydrogen (secondary N) is 1. The molecule has 3 N–H and O–H groups in total. The molecule has 108 valence electrons. The summed E-state index contributed by atoms with van der Waals surface area (Å²) in [7, 11) is -2.24. The van der Waals surface area contributed by atoms with Crippen LogP contribution >= 0.6 is 0 Å². The topological polar surface area (TPSA) is 107 Å². The minimum atomic E-state index is -3.72. The number of aryl methyl sites for hydroxylation is 1. The number of hydrogen-bond acceptors (Lipinski definition) is 6. The van der Waals surface area contributed by atoms with Crippen LogP contribution in [0.4, 0.5) is 5.69 Å². The Balaban J connectivity index is 2.18. The second-order valence-corrected chi connectivity index (χ2v) is 5.89. The van der Waals surface area contributed by atoms with Crippen LogP contribution in [0.1, 0.15) is 11.5 Å². The third kappa shape index (κ3) is 3.09. The molecule has 0 aliphatic rings. The van der Waals surface area contributed by atoms with Crippen LogP contribution in [-0.2, 0) is 16.6 Å². The van der Waals surface area contributed by atoms with Gasteiger partial charge in [-0.3, -0.25) is 0 Å². The van der Waals surface area contributed by atoms with Crippen molar-refractivity contribution in [3.63, 3.8) is 0 Å². The molecule has 0 unspecified atom stereocenters. The standard InChI is InChI=1S/C12H15N3O4S/c1-8-5-9(15-19-8)7-14-20(16,17)12-4-3-10(18-2)6-11(12)13/h3-6,14H,7,13H2,1-2H3. The quantitative estimate of drug-likeness (QED) is 0.799. The fourth-order valence-electron chi connectivity index (χ4n) is 1.65. The van der Waals surface area contributed by atoms with E-state index in [1.165, 1.54) is 25.3 Å². The molecular weight excluding hydrogens is 282 g/mol. The van der Waals surface area contributed by atoms with Gasteiger partial charge in [0.2, 0.25) is 10.0 Å². The van der Waals surface area contributed by atoms with E-state index in [1.807, 2.05) is 0 Å². The Kier molecular flexibility index (Phi) is 3.96. The van der Waals surface area contributed by atoms with Crippen molar-refractivity contribution in [2.24, 2.45) is 0 Å². The maximum atomic E-state index is 12.1. The number of aromatic nitrogens is 1. The summed E-state index contributed by atoms with van der Waals surface area (Å²) < 4.78 is 36.5. The van der Waals surface area contributed by atoms with Crippen LogP contribution in [0.2, 0.25) is 0 Å². The highest BCUT2D eigenvalue weighted by molar-refractivity contribution is 7.89. The van der Waals surface area contributed by atoms with Gasteiger partial charge in [-0.1, -0.05) is 5.16 Å². The lowest BCUT2D eigenvalue weighted by atomic mass is 10.3. The van der Waals surface area contributed by atoms with Crippen LogP contribution in [0.25, 0.3) is 0 Å². The molecule has 2 aromatic rings. The van der Waals surface area contributed by atoms with Gasteiger partial charge in [0.25, 0.3) is 0 Å². The number of methoxy groups -OCH3 is 1. The summed E-state index contributed by atoms with van der Waals surface area (Å²) in [5.41, 5.74) is 6.34. The number of rotatable bonds is 5. The number of benzene rings is 1. The van der Waals surface area contributed by atoms with Crippen molar-refractivity contribution in [2.75, 3.05) is 12.8 Å². The zero-order valence-corrected chi connectivity index (χ0v) is 11.9. The lowest BCUT2D eigenvalue weighted by Gasteiger charge is -2.09. The summed E-state index contributed by atoms with van der Waals surface area (Å²) in [5, 5.41) is 3.71. The van der Waals surface area contributed by atoms with Gasteiger partial charge in [0.05, 0.1) is 25.0 Å². The fourth-order valence-corrected chi connectivity index (χ4v) is 2.76. The van der Waals surface area contributed by atoms with Crippen molar-refractivity contribution in [1.82, 2.24) is 9.88 Å². The molecule has 1 aromatic heterocycles. The van der Waals surface area contributed by atoms with Gasteiger partial charge in [0.1, 0.15) is 16.4 Å². The predicted molar refractivity (Wildman–Crippen MR) is 72.7 cm³/mol. The van der Waals surface area contributed by atoms with Crippen molar-refractivity contribution in [2.45, 2.75) is 18.4 Å². The highest BCUT2D eigenvalue weighted by atomic mass is 32.2. The van der Waals surface area contributed by atoms with E-state index in [0.717, 1.165) is 0 Å². The van der Waals surface area contributed by atoms with Gasteiger partial charge in [-0.15, -0.1) is 0 Å². The van der Waals surface area contributed by atoms with E-state index in [4.69, 9.17) is 15.0 Å². The molecule has 0 saturated carbocycles. The first-order valence-corrected chi connectivity index (χ1v) is 7.26. The van der Waals surface area contributed by atoms with E-state index in [0.29, 0.717) is 17.2 Å². The molecule has 1 heterocycles. The molecule has 8 heteroatoms. The maximum absolute atomic E-state index is 12.1. The first-order chi connectivity index (χ1) is 9.42. The minimum Gasteiger partial charge on any atom is -0.497 e. The van der Waals surface area contributed by atoms with Gasteiger partial charge < -0.3 is 15.0 Å². The SMILES string of the molecule is COc1ccc(S(=O)(=O)NCc2cc(C)on2)c(N)c1. The molecule has 0 radical (unpaired) electrons. The van der Waals surface area contributed by atoms with Crippen LogP contribution in [0, 0.1) is 6.92 Å². The van der Waals surface area contributed by atoms with Crippen LogP contribution in [0.15, 0.2) is 33.7 Å². The summed E-state index contributed by atoms with van der Waals surface area (Å²) in [6.07, 6.45) is 0. The zero-order valence-electron chi connectivity index (χ0n) is 11.1. The normalized spacial score (nSPS) is 11.5. The largest absolute Gasteiger partial charge is 0.497 e. The third-order valence-electron chi connectivity index (χ3n) is 2.63. The van der Waals surface area contributed by atoms with Crippen molar-refractivity contribution >= 4 is 15.7 Å². The molecule has 7 nitrogen and oxygen atoms in total. The fraction of sp³-hybridized carbons (Fsp3) is 0.250. The summed E-state index contributed by atoms with van der Waals surface area (Å²) in [5.74, 6) is 1.11. The molecule has 1 aromatic carbocycles. The zero-order chi connectivity index (χ0) is 14.8. The third-order valence-corrected chi connectivity index (χ3v) is 4.10. The van der Waals surface area contributed by atoms with Gasteiger partial charge >= 0.3 is 0 Å². The van der Waals surface area contributed by atoms with Crippen molar-refractivity contribution < 1.29 is 17.7 Å². The number of nitrogens with zero attached hydrogens (tertiary/aromatic N) is 1. The second kappa shape index (κ2) is 5.51. The van der Waals surface area contributed by atoms with Crippen molar-refractivity contribution in [1.29, 1.82) is 0 Å². The number of nitrogens with two attached hydrogens (primary N) is 1. The molecule has 2 rings (SSSR count). The van der Waals surface area contributed by atoms with E-state index in [-0.39, 0.29) is 17.1 Å². The summed E-state index contributed by atoms with van der Waals surface area (Å²) in [6.45, 7) is 1.76. The van der Waals surface area contributed by atoms with Gasteiger partial charge in [-0.2, -0.15) is 0 Å². The van der Waals surface area contributed by atoms with E-state index >= 15 is 0 Å². The summed E-state index contributed by atoms with van der Waals surface area (Å²) in [4.78, 5) is -0.00137. The minimum absolute atomic E-state index is 0.00137. The Morgan fingerprint density at radius 3 is 2.70 bits per heavy atom. The van der Waals surface area contributed by atoms with Crippen molar-refractivity contribution in [3.8, 4) is 5.75 Å². The smallest absolute Gasteiger partial charge is 0.242 e. The molecule has 0 atom stereocenters. The monoisotopic (exact) mass is 297 g/mol.